The van der Waals surface area contributed by atoms with Gasteiger partial charge in [0.2, 0.25) is 5.91 Å². The molecule has 1 aromatic carbocycles. The molecular weight excluding hydrogens is 446 g/mol. The van der Waals surface area contributed by atoms with Crippen LogP contribution < -0.4 is 10.8 Å². The number of hydrogen-bond donors (Lipinski definition) is 3. The Hall–Kier alpha value is -2.82. The summed E-state index contributed by atoms with van der Waals surface area (Å²) < 4.78 is 30.0. The number of nitrogens with zero attached hydrogens (tertiary/aromatic N) is 1. The molecule has 0 atom stereocenters. The van der Waals surface area contributed by atoms with Crippen LogP contribution in [0.3, 0.4) is 0 Å². The van der Waals surface area contributed by atoms with Crippen LogP contribution in [0.15, 0.2) is 47.5 Å². The lowest BCUT2D eigenvalue weighted by molar-refractivity contribution is -0.134. The van der Waals surface area contributed by atoms with Crippen LogP contribution in [0.2, 0.25) is 0 Å². The van der Waals surface area contributed by atoms with Gasteiger partial charge in [-0.2, -0.15) is 0 Å². The highest BCUT2D eigenvalue weighted by molar-refractivity contribution is 7.93. The Bertz CT molecular complexity index is 1060. The number of amides is 2. The first-order valence-electron chi connectivity index (χ1n) is 10.9. The fourth-order valence-electron chi connectivity index (χ4n) is 3.80. The standard InChI is InChI=1S/C23H29N3O6S/c1-2-3-12-24-21(27)15-17-4-6-18(7-5-17)20-9-8-19(16-25-20)33(30,31)23(22(28)26-29)10-13-32-14-11-23/h4-9,16,29H,2-3,10-15H2,1H3,(H,24,27)(H,26,28). The lowest BCUT2D eigenvalue weighted by Gasteiger charge is -2.34. The van der Waals surface area contributed by atoms with E-state index in [1.54, 1.807) is 6.07 Å². The van der Waals surface area contributed by atoms with Gasteiger partial charge in [0.15, 0.2) is 14.6 Å². The Labute approximate surface area is 193 Å². The van der Waals surface area contributed by atoms with Gasteiger partial charge in [0.1, 0.15) is 0 Å². The van der Waals surface area contributed by atoms with Gasteiger partial charge < -0.3 is 10.1 Å². The minimum absolute atomic E-state index is 0.0298. The van der Waals surface area contributed by atoms with Crippen LogP contribution in [0.1, 0.15) is 38.2 Å². The summed E-state index contributed by atoms with van der Waals surface area (Å²) in [6.07, 6.45) is 3.36. The average Bonchev–Trinajstić information content (AvgIpc) is 2.84. The maximum Gasteiger partial charge on any atom is 0.265 e. The Morgan fingerprint density at radius 1 is 1.12 bits per heavy atom. The summed E-state index contributed by atoms with van der Waals surface area (Å²) >= 11 is 0. The van der Waals surface area contributed by atoms with Gasteiger partial charge in [0.25, 0.3) is 5.91 Å². The van der Waals surface area contributed by atoms with Crippen molar-refractivity contribution in [3.05, 3.63) is 48.2 Å². The fraction of sp³-hybridized carbons (Fsp3) is 0.435. The van der Waals surface area contributed by atoms with Crippen molar-refractivity contribution >= 4 is 21.7 Å². The van der Waals surface area contributed by atoms with E-state index < -0.39 is 20.5 Å². The molecule has 3 N–H and O–H groups in total. The molecule has 33 heavy (non-hydrogen) atoms. The van der Waals surface area contributed by atoms with Gasteiger partial charge in [-0.3, -0.25) is 19.8 Å². The SMILES string of the molecule is CCCCNC(=O)Cc1ccc(-c2ccc(S(=O)(=O)C3(C(=O)NO)CCOCC3)cn2)cc1. The zero-order valence-electron chi connectivity index (χ0n) is 18.5. The number of carbonyl (C=O) groups excluding carboxylic acids is 2. The van der Waals surface area contributed by atoms with Crippen LogP contribution in [0.25, 0.3) is 11.3 Å². The highest BCUT2D eigenvalue weighted by atomic mass is 32.2. The second kappa shape index (κ2) is 10.9. The van der Waals surface area contributed by atoms with E-state index in [0.29, 0.717) is 12.2 Å². The van der Waals surface area contributed by atoms with E-state index in [2.05, 4.69) is 17.2 Å². The largest absolute Gasteiger partial charge is 0.381 e. The number of unbranched alkanes of at least 4 members (excludes halogenated alkanes) is 1. The third-order valence-corrected chi connectivity index (χ3v) is 8.33. The highest BCUT2D eigenvalue weighted by Crippen LogP contribution is 2.35. The minimum atomic E-state index is -4.12. The summed E-state index contributed by atoms with van der Waals surface area (Å²) in [7, 11) is -4.12. The molecule has 1 aromatic heterocycles. The van der Waals surface area contributed by atoms with Crippen LogP contribution in [0.5, 0.6) is 0 Å². The summed E-state index contributed by atoms with van der Waals surface area (Å²) in [6, 6.07) is 10.3. The van der Waals surface area contributed by atoms with Crippen LogP contribution in [-0.2, 0) is 30.6 Å². The Morgan fingerprint density at radius 3 is 2.39 bits per heavy atom. The molecule has 0 unspecified atom stereocenters. The van der Waals surface area contributed by atoms with Crippen LogP contribution in [0.4, 0.5) is 0 Å². The van der Waals surface area contributed by atoms with E-state index in [1.165, 1.54) is 17.7 Å². The first-order chi connectivity index (χ1) is 15.8. The molecule has 1 aliphatic heterocycles. The molecule has 0 saturated carbocycles. The number of nitrogens with one attached hydrogen (secondary N) is 2. The third-order valence-electron chi connectivity index (χ3n) is 5.84. The zero-order valence-corrected chi connectivity index (χ0v) is 19.4. The number of pyridine rings is 1. The van der Waals surface area contributed by atoms with E-state index in [4.69, 9.17) is 9.94 Å². The van der Waals surface area contributed by atoms with E-state index in [0.717, 1.165) is 24.0 Å². The third kappa shape index (κ3) is 5.40. The molecule has 178 valence electrons. The van der Waals surface area contributed by atoms with Gasteiger partial charge in [-0.05, 0) is 37.0 Å². The van der Waals surface area contributed by atoms with Crippen LogP contribution in [0, 0.1) is 0 Å². The first kappa shape index (κ1) is 24.8. The molecule has 1 aliphatic rings. The van der Waals surface area contributed by atoms with Crippen LogP contribution >= 0.6 is 0 Å². The number of hydrogen-bond acceptors (Lipinski definition) is 7. The molecule has 1 saturated heterocycles. The van der Waals surface area contributed by atoms with Crippen molar-refractivity contribution in [1.82, 2.24) is 15.8 Å². The summed E-state index contributed by atoms with van der Waals surface area (Å²) in [5.41, 5.74) is 3.69. The summed E-state index contributed by atoms with van der Waals surface area (Å²) in [5, 5.41) is 12.0. The number of aromatic nitrogens is 1. The highest BCUT2D eigenvalue weighted by Gasteiger charge is 2.52. The van der Waals surface area contributed by atoms with Gasteiger partial charge in [-0.25, -0.2) is 13.9 Å². The van der Waals surface area contributed by atoms with E-state index >= 15 is 0 Å². The van der Waals surface area contributed by atoms with E-state index in [9.17, 15) is 18.0 Å². The summed E-state index contributed by atoms with van der Waals surface area (Å²) in [6.45, 7) is 2.93. The van der Waals surface area contributed by atoms with E-state index in [-0.39, 0.29) is 43.3 Å². The lowest BCUT2D eigenvalue weighted by atomic mass is 9.98. The molecule has 0 spiro atoms. The smallest absolute Gasteiger partial charge is 0.265 e. The minimum Gasteiger partial charge on any atom is -0.381 e. The quantitative estimate of drug-likeness (QED) is 0.287. The molecule has 1 fully saturated rings. The molecule has 9 nitrogen and oxygen atoms in total. The second-order valence-electron chi connectivity index (χ2n) is 8.01. The Morgan fingerprint density at radius 2 is 1.82 bits per heavy atom. The van der Waals surface area contributed by atoms with E-state index in [1.807, 2.05) is 24.3 Å². The van der Waals surface area contributed by atoms with Crippen molar-refractivity contribution in [2.45, 2.75) is 48.7 Å². The normalized spacial score (nSPS) is 15.6. The summed E-state index contributed by atoms with van der Waals surface area (Å²) in [5.74, 6) is -0.998. The number of rotatable bonds is 9. The second-order valence-corrected chi connectivity index (χ2v) is 10.3. The molecule has 2 heterocycles. The van der Waals surface area contributed by atoms with Gasteiger partial charge >= 0.3 is 0 Å². The summed E-state index contributed by atoms with van der Waals surface area (Å²) in [4.78, 5) is 28.5. The molecule has 0 aliphatic carbocycles. The van der Waals surface area contributed by atoms with Gasteiger partial charge in [0, 0.05) is 31.5 Å². The molecule has 10 heteroatoms. The van der Waals surface area contributed by atoms with Crippen molar-refractivity contribution in [3.63, 3.8) is 0 Å². The first-order valence-corrected chi connectivity index (χ1v) is 12.4. The monoisotopic (exact) mass is 475 g/mol. The topological polar surface area (TPSA) is 135 Å². The fourth-order valence-corrected chi connectivity index (χ4v) is 5.69. The van der Waals surface area contributed by atoms with Crippen molar-refractivity contribution in [2.24, 2.45) is 0 Å². The molecule has 0 bridgehead atoms. The number of ether oxygens (including phenoxy) is 1. The molecule has 3 rings (SSSR count). The number of sulfone groups is 1. The van der Waals surface area contributed by atoms with Gasteiger partial charge in [-0.15, -0.1) is 0 Å². The molecular formula is C23H29N3O6S. The number of carbonyl (C=O) groups is 2. The Kier molecular flexibility index (Phi) is 8.17. The maximum atomic E-state index is 13.3. The lowest BCUT2D eigenvalue weighted by Crippen LogP contribution is -2.54. The van der Waals surface area contributed by atoms with Crippen molar-refractivity contribution < 1.29 is 28.0 Å². The number of hydroxylamine groups is 1. The van der Waals surface area contributed by atoms with Crippen molar-refractivity contribution in [2.75, 3.05) is 19.8 Å². The molecule has 0 radical (unpaired) electrons. The van der Waals surface area contributed by atoms with Crippen molar-refractivity contribution in [1.29, 1.82) is 0 Å². The maximum absolute atomic E-state index is 13.3. The Balaban J connectivity index is 1.75. The molecule has 2 amide bonds. The predicted molar refractivity (Wildman–Crippen MR) is 121 cm³/mol. The molecule has 2 aromatic rings. The predicted octanol–water partition coefficient (Wildman–Crippen LogP) is 2.04. The van der Waals surface area contributed by atoms with Gasteiger partial charge in [0.05, 0.1) is 17.0 Å². The zero-order chi connectivity index (χ0) is 23.9. The van der Waals surface area contributed by atoms with Crippen molar-refractivity contribution in [3.8, 4) is 11.3 Å². The van der Waals surface area contributed by atoms with Gasteiger partial charge in [-0.1, -0.05) is 37.6 Å². The number of benzene rings is 1. The average molecular weight is 476 g/mol. The van der Waals surface area contributed by atoms with Crippen LogP contribution in [-0.4, -0.2) is 54.9 Å².